The first-order valence-corrected chi connectivity index (χ1v) is 11.2. The Hall–Kier alpha value is -3.43. The molecule has 0 aliphatic carbocycles. The number of hydrogen-bond donors (Lipinski definition) is 1. The van der Waals surface area contributed by atoms with Crippen molar-refractivity contribution in [3.8, 4) is 17.2 Å². The molecule has 0 spiro atoms. The smallest absolute Gasteiger partial charge is 0.338 e. The van der Waals surface area contributed by atoms with Gasteiger partial charge in [0.25, 0.3) is 10.0 Å². The Labute approximate surface area is 189 Å². The van der Waals surface area contributed by atoms with Gasteiger partial charge < -0.3 is 18.9 Å². The molecule has 0 saturated heterocycles. The van der Waals surface area contributed by atoms with E-state index >= 15 is 0 Å². The highest BCUT2D eigenvalue weighted by Crippen LogP contribution is 2.40. The van der Waals surface area contributed by atoms with E-state index in [0.717, 1.165) is 0 Å². The largest absolute Gasteiger partial charge is 0.497 e. The SMILES string of the molecule is COc1ccc(NS(=O)(=O)c2cccc(C(=O)OCc3cc(Cl)c4c(c3)OCO4)c2)cc1. The fourth-order valence-corrected chi connectivity index (χ4v) is 4.39. The van der Waals surface area contributed by atoms with E-state index in [1.165, 1.54) is 31.4 Å². The zero-order valence-corrected chi connectivity index (χ0v) is 18.4. The van der Waals surface area contributed by atoms with Gasteiger partial charge in [0.05, 0.1) is 22.6 Å². The van der Waals surface area contributed by atoms with Crippen LogP contribution >= 0.6 is 11.6 Å². The quantitative estimate of drug-likeness (QED) is 0.510. The standard InChI is InChI=1S/C22H18ClNO7S/c1-28-17-7-5-16(6-8-17)24-32(26,27)18-4-2-3-15(11-18)22(25)29-12-14-9-19(23)21-20(10-14)30-13-31-21/h2-11,24H,12-13H2,1H3. The normalized spacial score (nSPS) is 12.3. The van der Waals surface area contributed by atoms with Crippen molar-refractivity contribution < 1.29 is 32.2 Å². The number of hydrogen-bond acceptors (Lipinski definition) is 7. The number of sulfonamides is 1. The van der Waals surface area contributed by atoms with E-state index in [1.807, 2.05) is 0 Å². The van der Waals surface area contributed by atoms with Gasteiger partial charge in [-0.2, -0.15) is 0 Å². The van der Waals surface area contributed by atoms with Crippen LogP contribution in [0.4, 0.5) is 5.69 Å². The van der Waals surface area contributed by atoms with Crippen LogP contribution in [0.25, 0.3) is 0 Å². The van der Waals surface area contributed by atoms with Crippen molar-refractivity contribution in [1.82, 2.24) is 0 Å². The molecule has 1 aliphatic heterocycles. The number of ether oxygens (including phenoxy) is 4. The Kier molecular flexibility index (Phi) is 6.11. The summed E-state index contributed by atoms with van der Waals surface area (Å²) in [6, 6.07) is 15.3. The van der Waals surface area contributed by atoms with Gasteiger partial charge in [-0.25, -0.2) is 13.2 Å². The van der Waals surface area contributed by atoms with Gasteiger partial charge in [0.15, 0.2) is 11.5 Å². The average molecular weight is 476 g/mol. The van der Waals surface area contributed by atoms with E-state index in [1.54, 1.807) is 36.4 Å². The number of esters is 1. The topological polar surface area (TPSA) is 100 Å². The van der Waals surface area contributed by atoms with Crippen molar-refractivity contribution in [2.24, 2.45) is 0 Å². The molecule has 0 bridgehead atoms. The number of methoxy groups -OCH3 is 1. The first-order chi connectivity index (χ1) is 15.4. The lowest BCUT2D eigenvalue weighted by molar-refractivity contribution is 0.0472. The van der Waals surface area contributed by atoms with Gasteiger partial charge in [-0.05, 0) is 60.2 Å². The molecule has 4 rings (SSSR count). The third kappa shape index (κ3) is 4.74. The van der Waals surface area contributed by atoms with Gasteiger partial charge in [-0.15, -0.1) is 0 Å². The third-order valence-electron chi connectivity index (χ3n) is 4.58. The fourth-order valence-electron chi connectivity index (χ4n) is 3.00. The number of rotatable bonds is 7. The van der Waals surface area contributed by atoms with Crippen molar-refractivity contribution in [3.05, 3.63) is 76.8 Å². The minimum Gasteiger partial charge on any atom is -0.497 e. The molecular weight excluding hydrogens is 458 g/mol. The molecular formula is C22H18ClNO7S. The summed E-state index contributed by atoms with van der Waals surface area (Å²) in [5.74, 6) is 0.840. The summed E-state index contributed by atoms with van der Waals surface area (Å²) in [4.78, 5) is 12.4. The molecule has 0 radical (unpaired) electrons. The second kappa shape index (κ2) is 8.97. The van der Waals surface area contributed by atoms with Crippen molar-refractivity contribution in [1.29, 1.82) is 0 Å². The van der Waals surface area contributed by atoms with Gasteiger partial charge in [0, 0.05) is 5.69 Å². The summed E-state index contributed by atoms with van der Waals surface area (Å²) in [5.41, 5.74) is 1.06. The van der Waals surface area contributed by atoms with E-state index in [4.69, 9.17) is 30.5 Å². The second-order valence-electron chi connectivity index (χ2n) is 6.75. The van der Waals surface area contributed by atoms with Crippen LogP contribution in [-0.2, 0) is 21.4 Å². The maximum atomic E-state index is 12.7. The van der Waals surface area contributed by atoms with Crippen LogP contribution in [0.2, 0.25) is 5.02 Å². The lowest BCUT2D eigenvalue weighted by Crippen LogP contribution is -2.14. The molecule has 3 aromatic rings. The Morgan fingerprint density at radius 2 is 1.88 bits per heavy atom. The van der Waals surface area contributed by atoms with Crippen LogP contribution in [0.1, 0.15) is 15.9 Å². The summed E-state index contributed by atoms with van der Waals surface area (Å²) in [6.45, 7) is 0.000388. The number of fused-ring (bicyclic) bond motifs is 1. The maximum absolute atomic E-state index is 12.7. The molecule has 10 heteroatoms. The van der Waals surface area contributed by atoms with Crippen LogP contribution in [0, 0.1) is 0 Å². The Morgan fingerprint density at radius 3 is 2.62 bits per heavy atom. The summed E-state index contributed by atoms with van der Waals surface area (Å²) in [6.07, 6.45) is 0. The van der Waals surface area contributed by atoms with Crippen molar-refractivity contribution in [3.63, 3.8) is 0 Å². The van der Waals surface area contributed by atoms with Crippen molar-refractivity contribution in [2.45, 2.75) is 11.5 Å². The summed E-state index contributed by atoms with van der Waals surface area (Å²) < 4.78 is 48.8. The zero-order valence-electron chi connectivity index (χ0n) is 16.8. The molecule has 0 saturated carbocycles. The molecule has 0 fully saturated rings. The van der Waals surface area contributed by atoms with Crippen LogP contribution in [0.15, 0.2) is 65.6 Å². The number of anilines is 1. The minimum absolute atomic E-state index is 0.0731. The number of benzene rings is 3. The van der Waals surface area contributed by atoms with E-state index < -0.39 is 16.0 Å². The number of carbonyl (C=O) groups excluding carboxylic acids is 1. The highest BCUT2D eigenvalue weighted by atomic mass is 35.5. The molecule has 32 heavy (non-hydrogen) atoms. The second-order valence-corrected chi connectivity index (χ2v) is 8.84. The fraction of sp³-hybridized carbons (Fsp3) is 0.136. The van der Waals surface area contributed by atoms with Gasteiger partial charge in [-0.3, -0.25) is 4.72 Å². The first-order valence-electron chi connectivity index (χ1n) is 9.38. The number of nitrogens with one attached hydrogen (secondary N) is 1. The minimum atomic E-state index is -3.91. The molecule has 166 valence electrons. The molecule has 1 aliphatic rings. The molecule has 1 N–H and O–H groups in total. The maximum Gasteiger partial charge on any atom is 0.338 e. The first kappa shape index (κ1) is 21.8. The predicted molar refractivity (Wildman–Crippen MR) is 117 cm³/mol. The summed E-state index contributed by atoms with van der Waals surface area (Å²) in [5, 5.41) is 0.351. The van der Waals surface area contributed by atoms with Crippen molar-refractivity contribution >= 4 is 33.3 Å². The van der Waals surface area contributed by atoms with E-state index in [-0.39, 0.29) is 23.9 Å². The van der Waals surface area contributed by atoms with Crippen LogP contribution in [0.5, 0.6) is 17.2 Å². The van der Waals surface area contributed by atoms with Crippen LogP contribution < -0.4 is 18.9 Å². The Balaban J connectivity index is 1.45. The lowest BCUT2D eigenvalue weighted by atomic mass is 10.2. The molecule has 3 aromatic carbocycles. The Bertz CT molecular complexity index is 1260. The van der Waals surface area contributed by atoms with E-state index in [0.29, 0.717) is 33.5 Å². The summed E-state index contributed by atoms with van der Waals surface area (Å²) >= 11 is 6.14. The third-order valence-corrected chi connectivity index (χ3v) is 6.24. The highest BCUT2D eigenvalue weighted by molar-refractivity contribution is 7.92. The predicted octanol–water partition coefficient (Wildman–Crippen LogP) is 4.24. The summed E-state index contributed by atoms with van der Waals surface area (Å²) in [7, 11) is -2.40. The van der Waals surface area contributed by atoms with Crippen LogP contribution in [-0.4, -0.2) is 28.3 Å². The van der Waals surface area contributed by atoms with E-state index in [2.05, 4.69) is 4.72 Å². The zero-order chi connectivity index (χ0) is 22.7. The number of halogens is 1. The molecule has 0 atom stereocenters. The van der Waals surface area contributed by atoms with Gasteiger partial charge in [-0.1, -0.05) is 17.7 Å². The molecule has 0 unspecified atom stereocenters. The molecule has 8 nitrogen and oxygen atoms in total. The van der Waals surface area contributed by atoms with Gasteiger partial charge in [0.2, 0.25) is 6.79 Å². The molecule has 0 amide bonds. The average Bonchev–Trinajstić information content (AvgIpc) is 3.27. The highest BCUT2D eigenvalue weighted by Gasteiger charge is 2.20. The lowest BCUT2D eigenvalue weighted by Gasteiger charge is -2.10. The molecule has 0 aromatic heterocycles. The Morgan fingerprint density at radius 1 is 1.09 bits per heavy atom. The number of carbonyl (C=O) groups is 1. The monoisotopic (exact) mass is 475 g/mol. The van der Waals surface area contributed by atoms with Crippen molar-refractivity contribution in [2.75, 3.05) is 18.6 Å². The molecule has 1 heterocycles. The van der Waals surface area contributed by atoms with E-state index in [9.17, 15) is 13.2 Å². The van der Waals surface area contributed by atoms with Crippen LogP contribution in [0.3, 0.4) is 0 Å². The van der Waals surface area contributed by atoms with Gasteiger partial charge in [0.1, 0.15) is 12.4 Å². The van der Waals surface area contributed by atoms with Gasteiger partial charge >= 0.3 is 5.97 Å².